The maximum Gasteiger partial charge on any atom is 0.256 e. The predicted octanol–water partition coefficient (Wildman–Crippen LogP) is 1.48. The molecule has 7 heteroatoms. The molecule has 1 saturated heterocycles. The minimum atomic E-state index is -0.543. The van der Waals surface area contributed by atoms with Gasteiger partial charge in [0.2, 0.25) is 0 Å². The van der Waals surface area contributed by atoms with Crippen molar-refractivity contribution in [3.05, 3.63) is 47.5 Å². The van der Waals surface area contributed by atoms with Crippen molar-refractivity contribution in [1.82, 2.24) is 19.7 Å². The van der Waals surface area contributed by atoms with Crippen molar-refractivity contribution in [3.8, 4) is 0 Å². The number of hydrogen-bond acceptors (Lipinski definition) is 5. The number of nitrogens with zero attached hydrogens (tertiary/aromatic N) is 4. The van der Waals surface area contributed by atoms with Crippen molar-refractivity contribution in [2.75, 3.05) is 20.2 Å². The Morgan fingerprint density at radius 2 is 1.88 bits per heavy atom. The van der Waals surface area contributed by atoms with Crippen LogP contribution in [0.25, 0.3) is 0 Å². The minimum Gasteiger partial charge on any atom is -0.388 e. The summed E-state index contributed by atoms with van der Waals surface area (Å²) in [6.07, 6.45) is 2.13. The second-order valence-electron chi connectivity index (χ2n) is 6.75. The molecule has 1 fully saturated rings. The number of likely N-dealkylation sites (tertiary alicyclic amines) is 1. The Hall–Kier alpha value is -2.25. The summed E-state index contributed by atoms with van der Waals surface area (Å²) in [5, 5.41) is 17.4. The number of aromatic nitrogens is 3. The maximum atomic E-state index is 12.8. The number of amides is 1. The quantitative estimate of drug-likeness (QED) is 0.846. The minimum absolute atomic E-state index is 0.0263. The molecule has 1 N–H and O–H groups in total. The first-order valence-electron chi connectivity index (χ1n) is 8.98. The van der Waals surface area contributed by atoms with Gasteiger partial charge in [-0.3, -0.25) is 4.79 Å². The SMILES string of the molecule is CO[C@@H](C(=O)N1CCC(Cc2nnc(CO)n2C)CC1)c1ccccc1. The average Bonchev–Trinajstić information content (AvgIpc) is 3.03. The van der Waals surface area contributed by atoms with Crippen molar-refractivity contribution in [1.29, 1.82) is 0 Å². The Kier molecular flexibility index (Phi) is 6.00. The first kappa shape index (κ1) is 18.5. The number of carbonyl (C=O) groups is 1. The standard InChI is InChI=1S/C19H26N4O3/c1-22-16(20-21-17(22)13-24)12-14-8-10-23(11-9-14)19(25)18(26-2)15-6-4-3-5-7-15/h3-7,14,18,24H,8-13H2,1-2H3/t18-/m1/s1. The van der Waals surface area contributed by atoms with Gasteiger partial charge in [0.1, 0.15) is 12.4 Å². The van der Waals surface area contributed by atoms with Crippen LogP contribution in [0.1, 0.15) is 36.2 Å². The highest BCUT2D eigenvalue weighted by Gasteiger charge is 2.29. The van der Waals surface area contributed by atoms with Gasteiger partial charge < -0.3 is 19.3 Å². The van der Waals surface area contributed by atoms with Gasteiger partial charge in [-0.25, -0.2) is 0 Å². The molecule has 0 bridgehead atoms. The Morgan fingerprint density at radius 3 is 2.46 bits per heavy atom. The fourth-order valence-corrected chi connectivity index (χ4v) is 3.50. The Labute approximate surface area is 153 Å². The highest BCUT2D eigenvalue weighted by molar-refractivity contribution is 5.82. The van der Waals surface area contributed by atoms with Gasteiger partial charge in [-0.2, -0.15) is 0 Å². The van der Waals surface area contributed by atoms with Gasteiger partial charge in [-0.1, -0.05) is 30.3 Å². The van der Waals surface area contributed by atoms with Gasteiger partial charge in [-0.05, 0) is 24.3 Å². The number of hydrogen-bond donors (Lipinski definition) is 1. The van der Waals surface area contributed by atoms with Crippen LogP contribution in [0, 0.1) is 5.92 Å². The second kappa shape index (κ2) is 8.42. The lowest BCUT2D eigenvalue weighted by Gasteiger charge is -2.33. The van der Waals surface area contributed by atoms with Crippen molar-refractivity contribution in [2.45, 2.75) is 32.0 Å². The third-order valence-corrected chi connectivity index (χ3v) is 5.16. The number of aliphatic hydroxyl groups excluding tert-OH is 1. The summed E-state index contributed by atoms with van der Waals surface area (Å²) in [6.45, 7) is 1.34. The molecule has 1 atom stereocenters. The zero-order valence-corrected chi connectivity index (χ0v) is 15.3. The van der Waals surface area contributed by atoms with Crippen molar-refractivity contribution < 1.29 is 14.6 Å². The van der Waals surface area contributed by atoms with E-state index < -0.39 is 6.10 Å². The van der Waals surface area contributed by atoms with Crippen LogP contribution in [-0.2, 0) is 29.6 Å². The van der Waals surface area contributed by atoms with Crippen LogP contribution >= 0.6 is 0 Å². The third-order valence-electron chi connectivity index (χ3n) is 5.16. The van der Waals surface area contributed by atoms with Gasteiger partial charge in [0.05, 0.1) is 0 Å². The summed E-state index contributed by atoms with van der Waals surface area (Å²) < 4.78 is 7.32. The third kappa shape index (κ3) is 3.94. The van der Waals surface area contributed by atoms with E-state index in [9.17, 15) is 9.90 Å². The molecule has 1 amide bonds. The van der Waals surface area contributed by atoms with Gasteiger partial charge in [0.15, 0.2) is 11.9 Å². The topological polar surface area (TPSA) is 80.5 Å². The predicted molar refractivity (Wildman–Crippen MR) is 96.1 cm³/mol. The highest BCUT2D eigenvalue weighted by atomic mass is 16.5. The summed E-state index contributed by atoms with van der Waals surface area (Å²) in [4.78, 5) is 14.7. The van der Waals surface area contributed by atoms with E-state index in [4.69, 9.17) is 4.74 Å². The van der Waals surface area contributed by atoms with E-state index in [0.717, 1.165) is 43.7 Å². The van der Waals surface area contributed by atoms with E-state index in [2.05, 4.69) is 10.2 Å². The number of benzene rings is 1. The molecule has 3 rings (SSSR count). The van der Waals surface area contributed by atoms with Crippen LogP contribution in [0.15, 0.2) is 30.3 Å². The zero-order chi connectivity index (χ0) is 18.5. The Bertz CT molecular complexity index is 724. The highest BCUT2D eigenvalue weighted by Crippen LogP contribution is 2.25. The van der Waals surface area contributed by atoms with Crippen LogP contribution in [0.3, 0.4) is 0 Å². The summed E-state index contributed by atoms with van der Waals surface area (Å²) >= 11 is 0. The second-order valence-corrected chi connectivity index (χ2v) is 6.75. The molecule has 1 aromatic heterocycles. The first-order valence-corrected chi connectivity index (χ1v) is 8.98. The maximum absolute atomic E-state index is 12.8. The molecule has 0 radical (unpaired) electrons. The summed E-state index contributed by atoms with van der Waals surface area (Å²) in [5.74, 6) is 1.96. The lowest BCUT2D eigenvalue weighted by molar-refractivity contribution is -0.143. The molecular formula is C19H26N4O3. The average molecular weight is 358 g/mol. The van der Waals surface area contributed by atoms with Crippen molar-refractivity contribution in [2.24, 2.45) is 13.0 Å². The van der Waals surface area contributed by atoms with E-state index in [1.165, 1.54) is 0 Å². The smallest absolute Gasteiger partial charge is 0.256 e. The fourth-order valence-electron chi connectivity index (χ4n) is 3.50. The molecule has 2 aromatic rings. The number of aliphatic hydroxyl groups is 1. The fraction of sp³-hybridized carbons (Fsp3) is 0.526. The normalized spacial score (nSPS) is 16.7. The molecule has 0 unspecified atom stereocenters. The van der Waals surface area contributed by atoms with E-state index in [0.29, 0.717) is 11.7 Å². The lowest BCUT2D eigenvalue weighted by atomic mass is 9.92. The van der Waals surface area contributed by atoms with Crippen LogP contribution in [0.2, 0.25) is 0 Å². The lowest BCUT2D eigenvalue weighted by Crippen LogP contribution is -2.42. The van der Waals surface area contributed by atoms with Gasteiger partial charge >= 0.3 is 0 Å². The summed E-state index contributed by atoms with van der Waals surface area (Å²) in [6, 6.07) is 9.61. The summed E-state index contributed by atoms with van der Waals surface area (Å²) in [5.41, 5.74) is 0.887. The molecule has 0 spiro atoms. The van der Waals surface area contributed by atoms with E-state index in [-0.39, 0.29) is 12.5 Å². The number of ether oxygens (including phenoxy) is 1. The molecule has 1 aliphatic rings. The van der Waals surface area contributed by atoms with Crippen LogP contribution < -0.4 is 0 Å². The largest absolute Gasteiger partial charge is 0.388 e. The molecule has 26 heavy (non-hydrogen) atoms. The first-order chi connectivity index (χ1) is 12.6. The molecule has 0 aliphatic carbocycles. The van der Waals surface area contributed by atoms with E-state index in [1.807, 2.05) is 46.8 Å². The number of methoxy groups -OCH3 is 1. The molecule has 1 aromatic carbocycles. The Balaban J connectivity index is 1.57. The van der Waals surface area contributed by atoms with Crippen molar-refractivity contribution >= 4 is 5.91 Å². The monoisotopic (exact) mass is 358 g/mol. The molecule has 0 saturated carbocycles. The van der Waals surface area contributed by atoms with Crippen molar-refractivity contribution in [3.63, 3.8) is 0 Å². The Morgan fingerprint density at radius 1 is 1.23 bits per heavy atom. The van der Waals surface area contributed by atoms with Crippen LogP contribution in [0.4, 0.5) is 0 Å². The van der Waals surface area contributed by atoms with E-state index >= 15 is 0 Å². The molecule has 7 nitrogen and oxygen atoms in total. The van der Waals surface area contributed by atoms with Gasteiger partial charge in [0.25, 0.3) is 5.91 Å². The van der Waals surface area contributed by atoms with Crippen LogP contribution in [0.5, 0.6) is 0 Å². The number of rotatable bonds is 6. The number of carbonyl (C=O) groups excluding carboxylic acids is 1. The van der Waals surface area contributed by atoms with Crippen LogP contribution in [-0.4, -0.2) is 50.9 Å². The zero-order valence-electron chi connectivity index (χ0n) is 15.3. The molecule has 1 aliphatic heterocycles. The molecule has 140 valence electrons. The van der Waals surface area contributed by atoms with E-state index in [1.54, 1.807) is 7.11 Å². The van der Waals surface area contributed by atoms with Gasteiger partial charge in [0, 0.05) is 33.7 Å². The summed E-state index contributed by atoms with van der Waals surface area (Å²) in [7, 11) is 3.46. The van der Waals surface area contributed by atoms with Gasteiger partial charge in [-0.15, -0.1) is 10.2 Å². The molecular weight excluding hydrogens is 332 g/mol. The molecule has 2 heterocycles. The number of piperidine rings is 1.